The number of carbonyl (C=O) groups is 1. The molecule has 5 nitrogen and oxygen atoms in total. The number of rotatable bonds is 2. The van der Waals surface area contributed by atoms with Gasteiger partial charge in [-0.1, -0.05) is 0 Å². The van der Waals surface area contributed by atoms with Gasteiger partial charge < -0.3 is 15.0 Å². The zero-order valence-corrected chi connectivity index (χ0v) is 14.6. The second-order valence-electron chi connectivity index (χ2n) is 6.36. The summed E-state index contributed by atoms with van der Waals surface area (Å²) in [7, 11) is 0. The molecule has 118 valence electrons. The largest absolute Gasteiger partial charge is 0.444 e. The number of alkyl carbamates (subject to hydrolysis) is 1. The second kappa shape index (κ2) is 6.57. The van der Waals surface area contributed by atoms with Gasteiger partial charge in [0.25, 0.3) is 0 Å². The van der Waals surface area contributed by atoms with Gasteiger partial charge in [0.15, 0.2) is 0 Å². The van der Waals surface area contributed by atoms with Gasteiger partial charge in [0, 0.05) is 17.6 Å². The van der Waals surface area contributed by atoms with Crippen molar-refractivity contribution in [3.63, 3.8) is 0 Å². The quantitative estimate of drug-likeness (QED) is 0.871. The number of nitrogens with one attached hydrogen (secondary N) is 1. The Balaban J connectivity index is 1.96. The minimum atomic E-state index is -0.488. The molecule has 0 radical (unpaired) electrons. The first-order valence-corrected chi connectivity index (χ1v) is 8.02. The number of nitrogens with zero attached hydrogens (tertiary/aromatic N) is 2. The molecule has 2 rings (SSSR count). The van der Waals surface area contributed by atoms with Crippen LogP contribution in [0.5, 0.6) is 0 Å². The van der Waals surface area contributed by atoms with E-state index in [1.807, 2.05) is 32.9 Å². The third-order valence-electron chi connectivity index (χ3n) is 3.33. The Hall–Kier alpha value is -1.74. The Bertz CT molecular complexity index is 604. The molecule has 1 amide bonds. The van der Waals surface area contributed by atoms with Gasteiger partial charge in [-0.25, -0.2) is 4.79 Å². The van der Waals surface area contributed by atoms with Crippen LogP contribution < -0.4 is 10.2 Å². The number of ether oxygens (including phenoxy) is 1. The average Bonchev–Trinajstić information content (AvgIpc) is 2.84. The highest BCUT2D eigenvalue weighted by molar-refractivity contribution is 9.10. The maximum absolute atomic E-state index is 11.8. The van der Waals surface area contributed by atoms with Gasteiger partial charge in [-0.15, -0.1) is 0 Å². The number of anilines is 1. The molecule has 0 bridgehead atoms. The topological polar surface area (TPSA) is 65.4 Å². The highest BCUT2D eigenvalue weighted by Gasteiger charge is 2.27. The molecule has 0 spiro atoms. The molecule has 1 aromatic carbocycles. The van der Waals surface area contributed by atoms with Crippen LogP contribution in [0.4, 0.5) is 10.5 Å². The predicted octanol–water partition coefficient (Wildman–Crippen LogP) is 3.42. The van der Waals surface area contributed by atoms with Crippen LogP contribution in [0.1, 0.15) is 32.8 Å². The Morgan fingerprint density at radius 1 is 1.50 bits per heavy atom. The molecule has 1 aromatic rings. The molecule has 1 fully saturated rings. The van der Waals surface area contributed by atoms with Crippen molar-refractivity contribution < 1.29 is 9.53 Å². The monoisotopic (exact) mass is 365 g/mol. The van der Waals surface area contributed by atoms with E-state index in [0.29, 0.717) is 5.56 Å². The van der Waals surface area contributed by atoms with E-state index in [1.165, 1.54) is 0 Å². The maximum Gasteiger partial charge on any atom is 0.407 e. The third-order valence-corrected chi connectivity index (χ3v) is 3.96. The fraction of sp³-hybridized carbons (Fsp3) is 0.500. The molecule has 0 saturated carbocycles. The number of benzene rings is 1. The normalized spacial score (nSPS) is 18.0. The summed E-state index contributed by atoms with van der Waals surface area (Å²) in [5, 5.41) is 11.8. The summed E-state index contributed by atoms with van der Waals surface area (Å²) < 4.78 is 6.17. The van der Waals surface area contributed by atoms with Crippen LogP contribution in [0.25, 0.3) is 0 Å². The molecule has 6 heteroatoms. The predicted molar refractivity (Wildman–Crippen MR) is 88.8 cm³/mol. The lowest BCUT2D eigenvalue weighted by atomic mass is 10.2. The molecule has 0 aromatic heterocycles. The Morgan fingerprint density at radius 3 is 2.82 bits per heavy atom. The van der Waals surface area contributed by atoms with Crippen LogP contribution in [0.2, 0.25) is 0 Å². The minimum Gasteiger partial charge on any atom is -0.444 e. The van der Waals surface area contributed by atoms with Crippen LogP contribution >= 0.6 is 15.9 Å². The Labute approximate surface area is 139 Å². The summed E-state index contributed by atoms with van der Waals surface area (Å²) in [5.74, 6) is 0. The van der Waals surface area contributed by atoms with Gasteiger partial charge >= 0.3 is 6.09 Å². The molecule has 22 heavy (non-hydrogen) atoms. The fourth-order valence-corrected chi connectivity index (χ4v) is 3.03. The van der Waals surface area contributed by atoms with Crippen molar-refractivity contribution in [3.8, 4) is 6.07 Å². The van der Waals surface area contributed by atoms with Crippen molar-refractivity contribution >= 4 is 27.7 Å². The van der Waals surface area contributed by atoms with Crippen LogP contribution in [-0.2, 0) is 4.74 Å². The van der Waals surface area contributed by atoms with Crippen LogP contribution in [-0.4, -0.2) is 30.8 Å². The SMILES string of the molecule is CC(C)(C)OC(=O)N[C@H]1CCN(c2ccc(C#N)cc2Br)C1. The summed E-state index contributed by atoms with van der Waals surface area (Å²) >= 11 is 3.50. The number of hydrogen-bond donors (Lipinski definition) is 1. The number of carbonyl (C=O) groups excluding carboxylic acids is 1. The molecule has 0 unspecified atom stereocenters. The van der Waals surface area contributed by atoms with E-state index in [2.05, 4.69) is 32.2 Å². The van der Waals surface area contributed by atoms with E-state index in [0.717, 1.165) is 29.7 Å². The molecular formula is C16H20BrN3O2. The van der Waals surface area contributed by atoms with Gasteiger partial charge in [-0.05, 0) is 61.3 Å². The van der Waals surface area contributed by atoms with Crippen molar-refractivity contribution in [3.05, 3.63) is 28.2 Å². The lowest BCUT2D eigenvalue weighted by molar-refractivity contribution is 0.0509. The van der Waals surface area contributed by atoms with Crippen molar-refractivity contribution in [2.24, 2.45) is 0 Å². The number of halogens is 1. The van der Waals surface area contributed by atoms with E-state index in [1.54, 1.807) is 6.07 Å². The highest BCUT2D eigenvalue weighted by Crippen LogP contribution is 2.30. The van der Waals surface area contributed by atoms with E-state index < -0.39 is 5.60 Å². The van der Waals surface area contributed by atoms with E-state index in [9.17, 15) is 4.79 Å². The maximum atomic E-state index is 11.8. The smallest absolute Gasteiger partial charge is 0.407 e. The molecule has 1 aliphatic heterocycles. The molecule has 1 saturated heterocycles. The Kier molecular flexibility index (Phi) is 4.97. The summed E-state index contributed by atoms with van der Waals surface area (Å²) in [6, 6.07) is 7.73. The molecule has 1 aliphatic rings. The zero-order chi connectivity index (χ0) is 16.3. The molecular weight excluding hydrogens is 346 g/mol. The van der Waals surface area contributed by atoms with Gasteiger partial charge in [0.1, 0.15) is 5.60 Å². The highest BCUT2D eigenvalue weighted by atomic mass is 79.9. The standard InChI is InChI=1S/C16H20BrN3O2/c1-16(2,3)22-15(21)19-12-6-7-20(10-12)14-5-4-11(9-18)8-13(14)17/h4-5,8,12H,6-7,10H2,1-3H3,(H,19,21)/t12-/m0/s1. The molecule has 0 aliphatic carbocycles. The number of nitriles is 1. The van der Waals surface area contributed by atoms with E-state index in [4.69, 9.17) is 10.00 Å². The second-order valence-corrected chi connectivity index (χ2v) is 7.21. The summed E-state index contributed by atoms with van der Waals surface area (Å²) in [4.78, 5) is 14.0. The van der Waals surface area contributed by atoms with E-state index >= 15 is 0 Å². The first-order chi connectivity index (χ1) is 10.3. The van der Waals surface area contributed by atoms with Crippen LogP contribution in [0, 0.1) is 11.3 Å². The number of amides is 1. The molecule has 1 N–H and O–H groups in total. The first kappa shape index (κ1) is 16.6. The lowest BCUT2D eigenvalue weighted by Crippen LogP contribution is -2.40. The van der Waals surface area contributed by atoms with Crippen molar-refractivity contribution in [1.29, 1.82) is 5.26 Å². The van der Waals surface area contributed by atoms with Crippen LogP contribution in [0.15, 0.2) is 22.7 Å². The minimum absolute atomic E-state index is 0.0670. The lowest BCUT2D eigenvalue weighted by Gasteiger charge is -2.23. The van der Waals surface area contributed by atoms with E-state index in [-0.39, 0.29) is 12.1 Å². The summed E-state index contributed by atoms with van der Waals surface area (Å²) in [6.07, 6.45) is 0.490. The first-order valence-electron chi connectivity index (χ1n) is 7.22. The summed E-state index contributed by atoms with van der Waals surface area (Å²) in [5.41, 5.74) is 1.17. The third kappa shape index (κ3) is 4.38. The summed E-state index contributed by atoms with van der Waals surface area (Å²) in [6.45, 7) is 7.12. The van der Waals surface area contributed by atoms with Crippen molar-refractivity contribution in [2.75, 3.05) is 18.0 Å². The van der Waals surface area contributed by atoms with Crippen molar-refractivity contribution in [1.82, 2.24) is 5.32 Å². The zero-order valence-electron chi connectivity index (χ0n) is 13.0. The van der Waals surface area contributed by atoms with Gasteiger partial charge in [0.05, 0.1) is 23.4 Å². The van der Waals surface area contributed by atoms with Crippen molar-refractivity contribution in [2.45, 2.75) is 38.8 Å². The van der Waals surface area contributed by atoms with Gasteiger partial charge in [-0.3, -0.25) is 0 Å². The average molecular weight is 366 g/mol. The van der Waals surface area contributed by atoms with Gasteiger partial charge in [-0.2, -0.15) is 5.26 Å². The molecule has 1 heterocycles. The number of hydrogen-bond acceptors (Lipinski definition) is 4. The van der Waals surface area contributed by atoms with Crippen LogP contribution in [0.3, 0.4) is 0 Å². The fourth-order valence-electron chi connectivity index (χ4n) is 2.40. The Morgan fingerprint density at radius 2 is 2.23 bits per heavy atom. The van der Waals surface area contributed by atoms with Gasteiger partial charge in [0.2, 0.25) is 0 Å². The molecule has 1 atom stereocenters.